The van der Waals surface area contributed by atoms with Crippen LogP contribution in [0.4, 0.5) is 0 Å². The van der Waals surface area contributed by atoms with E-state index in [-0.39, 0.29) is 24.4 Å². The number of hydrogen-bond acceptors (Lipinski definition) is 4. The molecule has 0 saturated carbocycles. The zero-order valence-electron chi connectivity index (χ0n) is 13.9. The predicted octanol–water partition coefficient (Wildman–Crippen LogP) is 3.21. The number of aliphatic carboxylic acids is 1. The lowest BCUT2D eigenvalue weighted by molar-refractivity contribution is -0.131. The predicted molar refractivity (Wildman–Crippen MR) is 89.2 cm³/mol. The Morgan fingerprint density at radius 2 is 1.52 bits per heavy atom. The molecule has 0 radical (unpaired) electrons. The van der Waals surface area contributed by atoms with Gasteiger partial charge in [-0.2, -0.15) is 0 Å². The molecule has 130 valence electrons. The highest BCUT2D eigenvalue weighted by molar-refractivity contribution is 5.94. The van der Waals surface area contributed by atoms with Crippen LogP contribution in [0.3, 0.4) is 0 Å². The first-order valence-corrected chi connectivity index (χ1v) is 8.28. The molecule has 0 saturated heterocycles. The summed E-state index contributed by atoms with van der Waals surface area (Å²) in [5.41, 5.74) is 0. The summed E-state index contributed by atoms with van der Waals surface area (Å²) in [6.07, 6.45) is 10.8. The fraction of sp³-hybridized carbons (Fsp3) is 0.611. The molecule has 5 nitrogen and oxygen atoms in total. The van der Waals surface area contributed by atoms with Crippen LogP contribution in [0.2, 0.25) is 0 Å². The Morgan fingerprint density at radius 1 is 0.913 bits per heavy atom. The summed E-state index contributed by atoms with van der Waals surface area (Å²) in [5, 5.41) is 18.1. The number of ketones is 2. The van der Waals surface area contributed by atoms with E-state index in [0.717, 1.165) is 25.3 Å². The molecular weight excluding hydrogens is 296 g/mol. The molecule has 23 heavy (non-hydrogen) atoms. The maximum Gasteiger partial charge on any atom is 0.328 e. The van der Waals surface area contributed by atoms with Crippen molar-refractivity contribution in [2.75, 3.05) is 0 Å². The number of carboxylic acid groups (broad SMARTS) is 1. The minimum atomic E-state index is -1.09. The first-order chi connectivity index (χ1) is 11.0. The van der Waals surface area contributed by atoms with Crippen LogP contribution >= 0.6 is 0 Å². The fourth-order valence-corrected chi connectivity index (χ4v) is 2.08. The third kappa shape index (κ3) is 13.6. The van der Waals surface area contributed by atoms with Gasteiger partial charge in [0, 0.05) is 18.9 Å². The van der Waals surface area contributed by atoms with Crippen LogP contribution in [0.5, 0.6) is 0 Å². The molecule has 0 aliphatic carbocycles. The van der Waals surface area contributed by atoms with Crippen molar-refractivity contribution in [2.24, 2.45) is 0 Å². The van der Waals surface area contributed by atoms with Crippen LogP contribution < -0.4 is 0 Å². The Kier molecular flexibility index (Phi) is 12.8. The van der Waals surface area contributed by atoms with E-state index >= 15 is 0 Å². The Labute approximate surface area is 138 Å². The molecule has 0 aromatic heterocycles. The summed E-state index contributed by atoms with van der Waals surface area (Å²) in [6, 6.07) is 0. The number of carboxylic acids is 1. The van der Waals surface area contributed by atoms with Crippen molar-refractivity contribution in [1.82, 2.24) is 0 Å². The Morgan fingerprint density at radius 3 is 2.17 bits per heavy atom. The zero-order chi connectivity index (χ0) is 17.5. The minimum Gasteiger partial charge on any atom is -0.478 e. The normalized spacial score (nSPS) is 12.8. The van der Waals surface area contributed by atoms with Crippen molar-refractivity contribution in [3.63, 3.8) is 0 Å². The second kappa shape index (κ2) is 13.9. The third-order valence-electron chi connectivity index (χ3n) is 3.45. The van der Waals surface area contributed by atoms with Gasteiger partial charge >= 0.3 is 5.97 Å². The molecule has 0 aliphatic rings. The highest BCUT2D eigenvalue weighted by atomic mass is 16.4. The smallest absolute Gasteiger partial charge is 0.328 e. The molecule has 0 aliphatic heterocycles. The van der Waals surface area contributed by atoms with Crippen molar-refractivity contribution < 1.29 is 24.6 Å². The van der Waals surface area contributed by atoms with Crippen molar-refractivity contribution in [3.8, 4) is 0 Å². The lowest BCUT2D eigenvalue weighted by Gasteiger charge is -2.08. The van der Waals surface area contributed by atoms with Gasteiger partial charge in [0.2, 0.25) is 0 Å². The van der Waals surface area contributed by atoms with E-state index in [0.29, 0.717) is 6.42 Å². The van der Waals surface area contributed by atoms with Crippen molar-refractivity contribution in [3.05, 3.63) is 24.3 Å². The van der Waals surface area contributed by atoms with Crippen LogP contribution in [0.25, 0.3) is 0 Å². The van der Waals surface area contributed by atoms with E-state index in [1.54, 1.807) is 0 Å². The van der Waals surface area contributed by atoms with Gasteiger partial charge in [0.15, 0.2) is 11.6 Å². The molecule has 0 spiro atoms. The Balaban J connectivity index is 3.82. The number of Topliss-reactive ketones (excluding diaryl/α,β-unsaturated/α-hetero) is 1. The van der Waals surface area contributed by atoms with Crippen LogP contribution in [-0.4, -0.2) is 33.9 Å². The quantitative estimate of drug-likeness (QED) is 0.291. The molecule has 0 aromatic rings. The monoisotopic (exact) mass is 324 g/mol. The van der Waals surface area contributed by atoms with E-state index in [4.69, 9.17) is 5.11 Å². The molecule has 1 unspecified atom stereocenters. The SMILES string of the molecule is CCCCCCCCC(O)C(=O)CCC(=O)C=CC=CC(=O)O. The average molecular weight is 324 g/mol. The van der Waals surface area contributed by atoms with E-state index in [9.17, 15) is 19.5 Å². The molecule has 0 rings (SSSR count). The van der Waals surface area contributed by atoms with Crippen LogP contribution in [0, 0.1) is 0 Å². The van der Waals surface area contributed by atoms with E-state index in [2.05, 4.69) is 6.92 Å². The minimum absolute atomic E-state index is 0.0167. The van der Waals surface area contributed by atoms with E-state index in [1.165, 1.54) is 37.5 Å². The first-order valence-electron chi connectivity index (χ1n) is 8.28. The summed E-state index contributed by atoms with van der Waals surface area (Å²) in [6.45, 7) is 2.15. The molecule has 5 heteroatoms. The van der Waals surface area contributed by atoms with Gasteiger partial charge in [0.25, 0.3) is 0 Å². The average Bonchev–Trinajstić information content (AvgIpc) is 2.52. The number of rotatable bonds is 14. The summed E-state index contributed by atoms with van der Waals surface area (Å²) in [5.74, 6) is -1.66. The Hall–Kier alpha value is -1.75. The van der Waals surface area contributed by atoms with Gasteiger partial charge in [0.05, 0.1) is 0 Å². The highest BCUT2D eigenvalue weighted by Crippen LogP contribution is 2.10. The fourth-order valence-electron chi connectivity index (χ4n) is 2.08. The van der Waals surface area contributed by atoms with Gasteiger partial charge in [-0.25, -0.2) is 4.79 Å². The summed E-state index contributed by atoms with van der Waals surface area (Å²) in [7, 11) is 0. The lowest BCUT2D eigenvalue weighted by Crippen LogP contribution is -2.20. The molecule has 1 atom stereocenters. The molecule has 0 bridgehead atoms. The zero-order valence-corrected chi connectivity index (χ0v) is 13.9. The van der Waals surface area contributed by atoms with Gasteiger partial charge in [0.1, 0.15) is 6.10 Å². The molecule has 0 aromatic carbocycles. The second-order valence-electron chi connectivity index (χ2n) is 5.56. The number of hydrogen-bond donors (Lipinski definition) is 2. The number of carbonyl (C=O) groups is 3. The summed E-state index contributed by atoms with van der Waals surface area (Å²) in [4.78, 5) is 33.4. The number of carbonyl (C=O) groups excluding carboxylic acids is 2. The standard InChI is InChI=1S/C18H28O5/c1-2-3-4-5-6-7-11-16(20)17(21)14-13-15(19)10-8-9-12-18(22)23/h8-10,12,16,20H,2-7,11,13-14H2,1H3,(H,22,23). The van der Waals surface area contributed by atoms with Gasteiger partial charge in [-0.3, -0.25) is 9.59 Å². The lowest BCUT2D eigenvalue weighted by atomic mass is 10.0. The number of unbranched alkanes of at least 4 members (excludes halogenated alkanes) is 5. The second-order valence-corrected chi connectivity index (χ2v) is 5.56. The highest BCUT2D eigenvalue weighted by Gasteiger charge is 2.15. The maximum absolute atomic E-state index is 11.7. The molecule has 0 amide bonds. The largest absolute Gasteiger partial charge is 0.478 e. The van der Waals surface area contributed by atoms with Crippen LogP contribution in [-0.2, 0) is 14.4 Å². The van der Waals surface area contributed by atoms with Crippen molar-refractivity contribution >= 4 is 17.5 Å². The third-order valence-corrected chi connectivity index (χ3v) is 3.45. The number of allylic oxidation sites excluding steroid dienone is 3. The van der Waals surface area contributed by atoms with E-state index in [1.807, 2.05) is 0 Å². The van der Waals surface area contributed by atoms with Crippen molar-refractivity contribution in [1.29, 1.82) is 0 Å². The number of aliphatic hydroxyl groups excluding tert-OH is 1. The van der Waals surface area contributed by atoms with Gasteiger partial charge in [-0.1, -0.05) is 57.6 Å². The summed E-state index contributed by atoms with van der Waals surface area (Å²) >= 11 is 0. The van der Waals surface area contributed by atoms with Crippen LogP contribution in [0.1, 0.15) is 64.7 Å². The molecule has 0 fully saturated rings. The van der Waals surface area contributed by atoms with E-state index < -0.39 is 12.1 Å². The van der Waals surface area contributed by atoms with Crippen molar-refractivity contribution in [2.45, 2.75) is 70.8 Å². The summed E-state index contributed by atoms with van der Waals surface area (Å²) < 4.78 is 0. The molecule has 2 N–H and O–H groups in total. The van der Waals surface area contributed by atoms with Gasteiger partial charge < -0.3 is 10.2 Å². The van der Waals surface area contributed by atoms with Gasteiger partial charge in [-0.15, -0.1) is 0 Å². The van der Waals surface area contributed by atoms with Crippen LogP contribution in [0.15, 0.2) is 24.3 Å². The maximum atomic E-state index is 11.7. The topological polar surface area (TPSA) is 91.7 Å². The Bertz CT molecular complexity index is 423. The molecule has 0 heterocycles. The van der Waals surface area contributed by atoms with Gasteiger partial charge in [-0.05, 0) is 12.5 Å². The number of aliphatic hydroxyl groups is 1. The molecular formula is C18H28O5. The first kappa shape index (κ1) is 21.2.